The van der Waals surface area contributed by atoms with E-state index in [4.69, 9.17) is 15.2 Å². The van der Waals surface area contributed by atoms with Gasteiger partial charge in [0, 0.05) is 0 Å². The Bertz CT molecular complexity index is 376. The van der Waals surface area contributed by atoms with Gasteiger partial charge in [0.05, 0.1) is 25.9 Å². The number of ether oxygens (including phenoxy) is 2. The molecule has 17 heavy (non-hydrogen) atoms. The first-order valence-corrected chi connectivity index (χ1v) is 6.10. The van der Waals surface area contributed by atoms with Crippen LogP contribution < -0.4 is 5.73 Å². The molecule has 2 rings (SSSR count). The van der Waals surface area contributed by atoms with Crippen molar-refractivity contribution in [2.75, 3.05) is 19.8 Å². The normalized spacial score (nSPS) is 17.9. The van der Waals surface area contributed by atoms with Crippen LogP contribution >= 0.6 is 0 Å². The Kier molecular flexibility index (Phi) is 3.82. The second kappa shape index (κ2) is 5.17. The average Bonchev–Trinajstić information content (AvgIpc) is 2.13. The highest BCUT2D eigenvalue weighted by Gasteiger charge is 2.21. The average molecular weight is 235 g/mol. The first-order valence-electron chi connectivity index (χ1n) is 6.10. The molecule has 0 spiro atoms. The van der Waals surface area contributed by atoms with Gasteiger partial charge in [0.15, 0.2) is 0 Å². The van der Waals surface area contributed by atoms with Crippen molar-refractivity contribution in [3.05, 3.63) is 34.4 Å². The number of aryl methyl sites for hydroxylation is 3. The summed E-state index contributed by atoms with van der Waals surface area (Å²) < 4.78 is 10.8. The molecule has 1 aromatic rings. The summed E-state index contributed by atoms with van der Waals surface area (Å²) in [5, 5.41) is 0. The van der Waals surface area contributed by atoms with Crippen LogP contribution in [0.3, 0.4) is 0 Å². The maximum Gasteiger partial charge on any atom is 0.104 e. The van der Waals surface area contributed by atoms with Crippen LogP contribution in [0.25, 0.3) is 0 Å². The van der Waals surface area contributed by atoms with E-state index in [0.29, 0.717) is 19.8 Å². The summed E-state index contributed by atoms with van der Waals surface area (Å²) in [6.07, 6.45) is 0.243. The topological polar surface area (TPSA) is 44.5 Å². The smallest absolute Gasteiger partial charge is 0.104 e. The van der Waals surface area contributed by atoms with Crippen LogP contribution in [-0.2, 0) is 9.47 Å². The maximum absolute atomic E-state index is 6.21. The molecule has 1 saturated heterocycles. The largest absolute Gasteiger partial charge is 0.376 e. The highest BCUT2D eigenvalue weighted by molar-refractivity contribution is 5.39. The Hall–Kier alpha value is -0.900. The maximum atomic E-state index is 6.21. The molecule has 1 unspecified atom stereocenters. The molecule has 0 radical (unpaired) electrons. The Morgan fingerprint density at radius 3 is 2.35 bits per heavy atom. The minimum Gasteiger partial charge on any atom is -0.376 e. The lowest BCUT2D eigenvalue weighted by Gasteiger charge is -2.28. The molecule has 0 bridgehead atoms. The lowest BCUT2D eigenvalue weighted by atomic mass is 9.95. The fourth-order valence-electron chi connectivity index (χ4n) is 2.41. The Morgan fingerprint density at radius 2 is 1.88 bits per heavy atom. The lowest BCUT2D eigenvalue weighted by Crippen LogP contribution is -2.38. The van der Waals surface area contributed by atoms with Crippen LogP contribution in [0.2, 0.25) is 0 Å². The van der Waals surface area contributed by atoms with Gasteiger partial charge in [-0.2, -0.15) is 0 Å². The van der Waals surface area contributed by atoms with Crippen LogP contribution in [0, 0.1) is 20.8 Å². The number of nitrogens with two attached hydrogens (primary N) is 1. The molecule has 0 saturated carbocycles. The summed E-state index contributed by atoms with van der Waals surface area (Å²) >= 11 is 0. The predicted octanol–water partition coefficient (Wildman–Crippen LogP) is 2.03. The van der Waals surface area contributed by atoms with Crippen LogP contribution in [0.15, 0.2) is 12.1 Å². The van der Waals surface area contributed by atoms with Crippen LogP contribution in [0.5, 0.6) is 0 Å². The van der Waals surface area contributed by atoms with Crippen molar-refractivity contribution in [1.29, 1.82) is 0 Å². The molecule has 0 amide bonds. The van der Waals surface area contributed by atoms with E-state index in [0.717, 1.165) is 0 Å². The van der Waals surface area contributed by atoms with Gasteiger partial charge in [-0.15, -0.1) is 0 Å². The van der Waals surface area contributed by atoms with E-state index in [9.17, 15) is 0 Å². The standard InChI is InChI=1S/C14H21NO2/c1-9-4-10(2)14(11(3)5-9)13(15)8-17-12-6-16-7-12/h4-5,12-13H,6-8,15H2,1-3H3. The number of hydrogen-bond acceptors (Lipinski definition) is 3. The van der Waals surface area contributed by atoms with Gasteiger partial charge in [-0.3, -0.25) is 0 Å². The molecule has 2 N–H and O–H groups in total. The van der Waals surface area contributed by atoms with E-state index in [2.05, 4.69) is 32.9 Å². The van der Waals surface area contributed by atoms with Crippen molar-refractivity contribution in [2.24, 2.45) is 5.73 Å². The Labute approximate surface area is 103 Å². The van der Waals surface area contributed by atoms with E-state index in [1.54, 1.807) is 0 Å². The van der Waals surface area contributed by atoms with E-state index in [1.165, 1.54) is 22.3 Å². The van der Waals surface area contributed by atoms with Crippen molar-refractivity contribution in [3.8, 4) is 0 Å². The lowest BCUT2D eigenvalue weighted by molar-refractivity contribution is -0.131. The molecule has 3 nitrogen and oxygen atoms in total. The highest BCUT2D eigenvalue weighted by Crippen LogP contribution is 2.23. The molecule has 1 fully saturated rings. The van der Waals surface area contributed by atoms with Crippen molar-refractivity contribution < 1.29 is 9.47 Å². The zero-order valence-corrected chi connectivity index (χ0v) is 10.8. The van der Waals surface area contributed by atoms with Crippen molar-refractivity contribution in [3.63, 3.8) is 0 Å². The summed E-state index contributed by atoms with van der Waals surface area (Å²) in [6.45, 7) is 8.32. The Morgan fingerprint density at radius 1 is 1.29 bits per heavy atom. The minimum absolute atomic E-state index is 0.0452. The SMILES string of the molecule is Cc1cc(C)c(C(N)COC2COC2)c(C)c1. The van der Waals surface area contributed by atoms with Crippen LogP contribution in [0.4, 0.5) is 0 Å². The van der Waals surface area contributed by atoms with Gasteiger partial charge in [-0.05, 0) is 37.5 Å². The number of rotatable bonds is 4. The minimum atomic E-state index is -0.0452. The summed E-state index contributed by atoms with van der Waals surface area (Å²) in [6, 6.07) is 4.31. The van der Waals surface area contributed by atoms with E-state index < -0.39 is 0 Å². The second-order valence-corrected chi connectivity index (χ2v) is 4.91. The number of benzene rings is 1. The van der Waals surface area contributed by atoms with Crippen molar-refractivity contribution in [2.45, 2.75) is 32.9 Å². The molecule has 1 aromatic carbocycles. The van der Waals surface area contributed by atoms with Gasteiger partial charge < -0.3 is 15.2 Å². The van der Waals surface area contributed by atoms with E-state index in [1.807, 2.05) is 0 Å². The summed E-state index contributed by atoms with van der Waals surface area (Å²) in [7, 11) is 0. The fraction of sp³-hybridized carbons (Fsp3) is 0.571. The predicted molar refractivity (Wildman–Crippen MR) is 68.1 cm³/mol. The molecule has 1 atom stereocenters. The van der Waals surface area contributed by atoms with Crippen LogP contribution in [-0.4, -0.2) is 25.9 Å². The Balaban J connectivity index is 2.04. The monoisotopic (exact) mass is 235 g/mol. The molecule has 3 heteroatoms. The van der Waals surface area contributed by atoms with E-state index >= 15 is 0 Å². The summed E-state index contributed by atoms with van der Waals surface area (Å²) in [5.41, 5.74) is 11.2. The fourth-order valence-corrected chi connectivity index (χ4v) is 2.41. The molecule has 0 aliphatic carbocycles. The summed E-state index contributed by atoms with van der Waals surface area (Å²) in [5.74, 6) is 0. The highest BCUT2D eigenvalue weighted by atomic mass is 16.6. The van der Waals surface area contributed by atoms with Crippen molar-refractivity contribution >= 4 is 0 Å². The van der Waals surface area contributed by atoms with Gasteiger partial charge in [0.25, 0.3) is 0 Å². The van der Waals surface area contributed by atoms with Gasteiger partial charge in [-0.25, -0.2) is 0 Å². The molecular formula is C14H21NO2. The zero-order chi connectivity index (χ0) is 12.4. The van der Waals surface area contributed by atoms with E-state index in [-0.39, 0.29) is 12.1 Å². The van der Waals surface area contributed by atoms with Crippen molar-refractivity contribution in [1.82, 2.24) is 0 Å². The molecule has 1 aliphatic heterocycles. The van der Waals surface area contributed by atoms with Gasteiger partial charge in [-0.1, -0.05) is 17.7 Å². The third-order valence-corrected chi connectivity index (χ3v) is 3.23. The first-order chi connectivity index (χ1) is 8.08. The van der Waals surface area contributed by atoms with Gasteiger partial charge >= 0.3 is 0 Å². The quantitative estimate of drug-likeness (QED) is 0.868. The van der Waals surface area contributed by atoms with Gasteiger partial charge in [0.2, 0.25) is 0 Å². The third-order valence-electron chi connectivity index (χ3n) is 3.23. The summed E-state index contributed by atoms with van der Waals surface area (Å²) in [4.78, 5) is 0. The zero-order valence-electron chi connectivity index (χ0n) is 10.8. The third kappa shape index (κ3) is 2.86. The second-order valence-electron chi connectivity index (χ2n) is 4.91. The van der Waals surface area contributed by atoms with Gasteiger partial charge in [0.1, 0.15) is 6.10 Å². The first kappa shape index (κ1) is 12.6. The van der Waals surface area contributed by atoms with Crippen LogP contribution in [0.1, 0.15) is 28.3 Å². The number of hydrogen-bond donors (Lipinski definition) is 1. The molecular weight excluding hydrogens is 214 g/mol. The molecule has 94 valence electrons. The molecule has 1 aliphatic rings. The molecule has 1 heterocycles. The molecule has 0 aromatic heterocycles.